The Balaban J connectivity index is 0.000000254. The summed E-state index contributed by atoms with van der Waals surface area (Å²) < 4.78 is 0. The Morgan fingerprint density at radius 2 is 1.27 bits per heavy atom. The fourth-order valence-electron chi connectivity index (χ4n) is 1.92. The van der Waals surface area contributed by atoms with Gasteiger partial charge in [-0.2, -0.15) is 37.0 Å². The van der Waals surface area contributed by atoms with E-state index in [1.807, 2.05) is 36.0 Å². The highest BCUT2D eigenvalue weighted by Crippen LogP contribution is 2.28. The minimum atomic E-state index is 0.654. The number of thiocarbonyl (C=S) groups is 2. The lowest BCUT2D eigenvalue weighted by molar-refractivity contribution is 0.865. The van der Waals surface area contributed by atoms with Crippen LogP contribution in [0.25, 0.3) is 0 Å². The zero-order valence-corrected chi connectivity index (χ0v) is 23.1. The second-order valence-corrected chi connectivity index (χ2v) is 10.9. The Hall–Kier alpha value is 0.320. The van der Waals surface area contributed by atoms with Gasteiger partial charge >= 0.3 is 0 Å². The normalized spacial score (nSPS) is 12.5. The van der Waals surface area contributed by atoms with Gasteiger partial charge in [-0.15, -0.1) is 25.3 Å². The van der Waals surface area contributed by atoms with Crippen LogP contribution in [0.1, 0.15) is 6.42 Å². The van der Waals surface area contributed by atoms with E-state index in [0.29, 0.717) is 5.11 Å². The van der Waals surface area contributed by atoms with Gasteiger partial charge < -0.3 is 10.6 Å². The number of nitrogens with one attached hydrogen (secondary N) is 2. The van der Waals surface area contributed by atoms with Gasteiger partial charge in [0.15, 0.2) is 5.11 Å². The van der Waals surface area contributed by atoms with Gasteiger partial charge in [0.2, 0.25) is 0 Å². The second kappa shape index (κ2) is 17.8. The minimum absolute atomic E-state index is 0.654. The Kier molecular flexibility index (Phi) is 16.8. The quantitative estimate of drug-likeness (QED) is 0.146. The van der Waals surface area contributed by atoms with Crippen molar-refractivity contribution in [2.45, 2.75) is 26.0 Å². The number of benzene rings is 2. The molecule has 1 fully saturated rings. The molecule has 1 heterocycles. The van der Waals surface area contributed by atoms with Gasteiger partial charge in [0.05, 0.1) is 4.99 Å². The molecule has 1 aliphatic heterocycles. The molecular weight excluding hydrogens is 525 g/mol. The molecule has 3 rings (SSSR count). The highest BCUT2D eigenvalue weighted by molar-refractivity contribution is 8.00. The summed E-state index contributed by atoms with van der Waals surface area (Å²) in [7, 11) is 0. The zero-order valence-electron chi connectivity index (χ0n) is 16.3. The molecule has 0 spiro atoms. The smallest absolute Gasteiger partial charge is 0.171 e. The average molecular weight is 551 g/mol. The molecule has 2 aromatic carbocycles. The maximum absolute atomic E-state index is 4.84. The molecule has 2 aromatic rings. The maximum atomic E-state index is 4.84. The van der Waals surface area contributed by atoms with Crippen molar-refractivity contribution >= 4 is 109 Å². The maximum Gasteiger partial charge on any atom is 0.171 e. The van der Waals surface area contributed by atoms with E-state index in [0.717, 1.165) is 50.8 Å². The Morgan fingerprint density at radius 3 is 1.60 bits per heavy atom. The van der Waals surface area contributed by atoms with Gasteiger partial charge in [-0.05, 0) is 72.3 Å². The van der Waals surface area contributed by atoms with Crippen LogP contribution in [0.3, 0.4) is 0 Å². The number of rotatable bonds is 6. The lowest BCUT2D eigenvalue weighted by atomic mass is 10.4. The van der Waals surface area contributed by atoms with E-state index < -0.39 is 0 Å². The van der Waals surface area contributed by atoms with Crippen LogP contribution in [0.15, 0.2) is 68.1 Å². The number of thiol groups is 4. The van der Waals surface area contributed by atoms with Crippen LogP contribution in [0.2, 0.25) is 0 Å². The Labute approximate surface area is 221 Å². The molecule has 0 unspecified atom stereocenters. The SMILES string of the molecule is S=C1CCNC(=S)N1.SCCSCCS.Sc1ccc(Sc2ccc(S)cc2)cc1. The average Bonchev–Trinajstić information content (AvgIpc) is 2.73. The van der Waals surface area contributed by atoms with E-state index in [-0.39, 0.29) is 0 Å². The van der Waals surface area contributed by atoms with Gasteiger partial charge in [-0.1, -0.05) is 24.0 Å². The van der Waals surface area contributed by atoms with Gasteiger partial charge in [0.25, 0.3) is 0 Å². The Morgan fingerprint density at radius 1 is 0.800 bits per heavy atom. The monoisotopic (exact) mass is 550 g/mol. The molecule has 164 valence electrons. The fourth-order valence-corrected chi connectivity index (χ4v) is 4.76. The number of hydrogen-bond donors (Lipinski definition) is 6. The first-order valence-corrected chi connectivity index (χ1v) is 14.0. The summed E-state index contributed by atoms with van der Waals surface area (Å²) in [5.74, 6) is 4.28. The second-order valence-electron chi connectivity index (χ2n) is 5.70. The summed E-state index contributed by atoms with van der Waals surface area (Å²) in [6.07, 6.45) is 0.898. The molecule has 30 heavy (non-hydrogen) atoms. The first-order valence-electron chi connectivity index (χ1n) is 9.07. The van der Waals surface area contributed by atoms with Gasteiger partial charge in [-0.3, -0.25) is 0 Å². The lowest BCUT2D eigenvalue weighted by Crippen LogP contribution is -2.45. The molecule has 2 N–H and O–H groups in total. The molecular formula is C20H26N2S8. The molecule has 0 radical (unpaired) electrons. The molecule has 0 saturated carbocycles. The van der Waals surface area contributed by atoms with E-state index >= 15 is 0 Å². The number of hydrogen-bond acceptors (Lipinski definition) is 8. The van der Waals surface area contributed by atoms with Crippen LogP contribution in [0.4, 0.5) is 0 Å². The first-order chi connectivity index (χ1) is 14.4. The van der Waals surface area contributed by atoms with Crippen LogP contribution in [0, 0.1) is 0 Å². The summed E-state index contributed by atoms with van der Waals surface area (Å²) in [5, 5.41) is 6.43. The Bertz CT molecular complexity index is 689. The van der Waals surface area contributed by atoms with Crippen LogP contribution < -0.4 is 10.6 Å². The molecule has 1 saturated heterocycles. The van der Waals surface area contributed by atoms with Crippen molar-refractivity contribution in [3.8, 4) is 0 Å². The summed E-state index contributed by atoms with van der Waals surface area (Å²) >= 11 is 29.9. The molecule has 0 atom stereocenters. The van der Waals surface area contributed by atoms with Crippen LogP contribution in [-0.2, 0) is 0 Å². The van der Waals surface area contributed by atoms with E-state index in [4.69, 9.17) is 24.4 Å². The first kappa shape index (κ1) is 28.4. The van der Waals surface area contributed by atoms with Crippen molar-refractivity contribution in [1.82, 2.24) is 10.6 Å². The van der Waals surface area contributed by atoms with E-state index in [1.165, 1.54) is 9.79 Å². The van der Waals surface area contributed by atoms with Crippen LogP contribution in [0.5, 0.6) is 0 Å². The van der Waals surface area contributed by atoms with Gasteiger partial charge in [0, 0.05) is 44.1 Å². The van der Waals surface area contributed by atoms with E-state index in [9.17, 15) is 0 Å². The lowest BCUT2D eigenvalue weighted by Gasteiger charge is -2.16. The van der Waals surface area contributed by atoms with Crippen molar-refractivity contribution in [3.05, 3.63) is 48.5 Å². The molecule has 0 aliphatic carbocycles. The third kappa shape index (κ3) is 14.4. The van der Waals surface area contributed by atoms with Crippen molar-refractivity contribution in [2.75, 3.05) is 29.6 Å². The predicted molar refractivity (Wildman–Crippen MR) is 157 cm³/mol. The molecule has 1 aliphatic rings. The highest BCUT2D eigenvalue weighted by atomic mass is 32.2. The standard InChI is InChI=1S/C12H10S3.C4H6N2S2.C4H10S3/c13-9-1-5-11(6-2-9)15-12-7-3-10(14)4-8-12;7-3-1-2-5-4(8)6-3;5-1-3-7-4-2-6/h1-8,13-14H;1-2H2,(H2,5,6,7,8);5-6H,1-4H2. The van der Waals surface area contributed by atoms with Crippen molar-refractivity contribution in [3.63, 3.8) is 0 Å². The highest BCUT2D eigenvalue weighted by Gasteiger charge is 2.05. The fraction of sp³-hybridized carbons (Fsp3) is 0.300. The van der Waals surface area contributed by atoms with Crippen LogP contribution in [-0.4, -0.2) is 39.7 Å². The predicted octanol–water partition coefficient (Wildman–Crippen LogP) is 6.18. The van der Waals surface area contributed by atoms with E-state index in [1.54, 1.807) is 11.8 Å². The van der Waals surface area contributed by atoms with Crippen molar-refractivity contribution < 1.29 is 0 Å². The summed E-state index contributed by atoms with van der Waals surface area (Å²) in [6.45, 7) is 0.880. The van der Waals surface area contributed by atoms with Crippen LogP contribution >= 0.6 is 98.5 Å². The summed E-state index contributed by atoms with van der Waals surface area (Å²) in [6, 6.07) is 16.3. The van der Waals surface area contributed by atoms with Gasteiger partial charge in [-0.25, -0.2) is 0 Å². The molecule has 0 amide bonds. The summed E-state index contributed by atoms with van der Waals surface area (Å²) in [5.41, 5.74) is 0. The molecule has 2 nitrogen and oxygen atoms in total. The molecule has 0 bridgehead atoms. The summed E-state index contributed by atoms with van der Waals surface area (Å²) in [4.78, 5) is 5.27. The van der Waals surface area contributed by atoms with E-state index in [2.05, 4.69) is 85.4 Å². The molecule has 10 heteroatoms. The van der Waals surface area contributed by atoms with Crippen molar-refractivity contribution in [2.24, 2.45) is 0 Å². The van der Waals surface area contributed by atoms with Gasteiger partial charge in [0.1, 0.15) is 0 Å². The number of thioether (sulfide) groups is 1. The third-order valence-corrected chi connectivity index (χ3v) is 7.47. The largest absolute Gasteiger partial charge is 0.362 e. The third-order valence-electron chi connectivity index (χ3n) is 3.27. The van der Waals surface area contributed by atoms with Crippen molar-refractivity contribution in [1.29, 1.82) is 0 Å². The zero-order chi connectivity index (χ0) is 22.2. The topological polar surface area (TPSA) is 24.1 Å². The molecule has 0 aromatic heterocycles. The minimum Gasteiger partial charge on any atom is -0.362 e.